The van der Waals surface area contributed by atoms with Crippen LogP contribution in [0.15, 0.2) is 59.7 Å². The van der Waals surface area contributed by atoms with Crippen LogP contribution in [-0.4, -0.2) is 32.2 Å². The molecule has 0 fully saturated rings. The van der Waals surface area contributed by atoms with Crippen molar-refractivity contribution in [2.24, 2.45) is 0 Å². The van der Waals surface area contributed by atoms with E-state index in [4.69, 9.17) is 0 Å². The zero-order valence-corrected chi connectivity index (χ0v) is 19.0. The number of carboxylic acid groups (broad SMARTS) is 1. The van der Waals surface area contributed by atoms with Crippen molar-refractivity contribution in [1.29, 1.82) is 0 Å². The summed E-state index contributed by atoms with van der Waals surface area (Å²) in [5.74, 6) is -0.558. The van der Waals surface area contributed by atoms with Crippen molar-refractivity contribution in [2.45, 2.75) is 46.6 Å². The second kappa shape index (κ2) is 8.98. The lowest BCUT2D eigenvalue weighted by atomic mass is 9.92. The minimum absolute atomic E-state index is 0.149. The van der Waals surface area contributed by atoms with Gasteiger partial charge in [0.2, 0.25) is 11.6 Å². The molecule has 6 heteroatoms. The van der Waals surface area contributed by atoms with E-state index in [0.29, 0.717) is 35.4 Å². The molecule has 2 aromatic carbocycles. The van der Waals surface area contributed by atoms with Gasteiger partial charge in [0.1, 0.15) is 17.2 Å². The summed E-state index contributed by atoms with van der Waals surface area (Å²) in [4.78, 5) is 42.1. The molecule has 168 valence electrons. The smallest absolute Gasteiger partial charge is 0.336 e. The van der Waals surface area contributed by atoms with Gasteiger partial charge < -0.3 is 9.67 Å². The van der Waals surface area contributed by atoms with Gasteiger partial charge in [-0.15, -0.1) is 0 Å². The number of aromatic carboxylic acids is 1. The van der Waals surface area contributed by atoms with Crippen molar-refractivity contribution >= 4 is 17.5 Å². The Morgan fingerprint density at radius 3 is 2.30 bits per heavy atom. The molecular weight excluding hydrogens is 416 g/mol. The summed E-state index contributed by atoms with van der Waals surface area (Å²) >= 11 is 0. The lowest BCUT2D eigenvalue weighted by molar-refractivity contribution is 0.0697. The zero-order valence-electron chi connectivity index (χ0n) is 19.0. The van der Waals surface area contributed by atoms with Gasteiger partial charge in [0.05, 0.1) is 5.56 Å². The number of carboxylic acids is 1. The number of hydrogen-bond acceptors (Lipinski definition) is 4. The maximum Gasteiger partial charge on any atom is 0.336 e. The predicted octanol–water partition coefficient (Wildman–Crippen LogP) is 5.35. The van der Waals surface area contributed by atoms with Gasteiger partial charge in [-0.25, -0.2) is 9.78 Å². The van der Waals surface area contributed by atoms with Crippen molar-refractivity contribution in [2.75, 3.05) is 0 Å². The fourth-order valence-electron chi connectivity index (χ4n) is 4.17. The van der Waals surface area contributed by atoms with Crippen LogP contribution in [0.4, 0.5) is 0 Å². The highest BCUT2D eigenvalue weighted by Crippen LogP contribution is 2.29. The molecule has 0 radical (unpaired) electrons. The lowest BCUT2D eigenvalue weighted by Crippen LogP contribution is -2.22. The maximum atomic E-state index is 13.1. The van der Waals surface area contributed by atoms with Crippen LogP contribution in [0.25, 0.3) is 11.1 Å². The van der Waals surface area contributed by atoms with Crippen LogP contribution in [0.1, 0.15) is 76.3 Å². The van der Waals surface area contributed by atoms with Gasteiger partial charge in [0.25, 0.3) is 0 Å². The molecule has 0 unspecified atom stereocenters. The molecule has 0 aliphatic heterocycles. The van der Waals surface area contributed by atoms with E-state index in [1.165, 1.54) is 0 Å². The molecule has 1 aromatic heterocycles. The first-order valence-electron chi connectivity index (χ1n) is 11.1. The second-order valence-electron chi connectivity index (χ2n) is 8.37. The first-order chi connectivity index (χ1) is 15.8. The van der Waals surface area contributed by atoms with E-state index >= 15 is 0 Å². The molecule has 0 saturated heterocycles. The van der Waals surface area contributed by atoms with Crippen LogP contribution >= 0.6 is 0 Å². The van der Waals surface area contributed by atoms with Gasteiger partial charge in [-0.2, -0.15) is 0 Å². The van der Waals surface area contributed by atoms with E-state index in [9.17, 15) is 19.5 Å². The first-order valence-corrected chi connectivity index (χ1v) is 11.1. The predicted molar refractivity (Wildman–Crippen MR) is 126 cm³/mol. The third kappa shape index (κ3) is 4.04. The van der Waals surface area contributed by atoms with Gasteiger partial charge in [0.15, 0.2) is 0 Å². The SMILES string of the molecule is CCCCc1nc2c(n1Cc1ccc(-c3ccccc3C(=O)O)cc1)C(=O)C(C)=C(C)C2=O. The number of fused-ring (bicyclic) bond motifs is 1. The minimum atomic E-state index is -0.970. The second-order valence-corrected chi connectivity index (χ2v) is 8.37. The summed E-state index contributed by atoms with van der Waals surface area (Å²) in [6.45, 7) is 5.87. The van der Waals surface area contributed by atoms with Crippen LogP contribution in [-0.2, 0) is 13.0 Å². The third-order valence-electron chi connectivity index (χ3n) is 6.24. The first kappa shape index (κ1) is 22.4. The number of benzene rings is 2. The number of carbonyl (C=O) groups excluding carboxylic acids is 2. The number of Topliss-reactive ketones (excluding diaryl/α,β-unsaturated/α-hetero) is 2. The fourth-order valence-corrected chi connectivity index (χ4v) is 4.17. The molecule has 1 aliphatic carbocycles. The number of allylic oxidation sites excluding steroid dienone is 2. The van der Waals surface area contributed by atoms with Gasteiger partial charge in [-0.3, -0.25) is 9.59 Å². The molecule has 0 atom stereocenters. The van der Waals surface area contributed by atoms with Gasteiger partial charge in [-0.1, -0.05) is 55.8 Å². The monoisotopic (exact) mass is 442 g/mol. The van der Waals surface area contributed by atoms with Gasteiger partial charge in [0, 0.05) is 24.1 Å². The highest BCUT2D eigenvalue weighted by atomic mass is 16.4. The maximum absolute atomic E-state index is 13.1. The topological polar surface area (TPSA) is 89.3 Å². The number of ketones is 2. The lowest BCUT2D eigenvalue weighted by Gasteiger charge is -2.16. The molecule has 6 nitrogen and oxygen atoms in total. The Morgan fingerprint density at radius 1 is 0.970 bits per heavy atom. The van der Waals surface area contributed by atoms with Crippen molar-refractivity contribution in [3.8, 4) is 11.1 Å². The van der Waals surface area contributed by atoms with Crippen LogP contribution < -0.4 is 0 Å². The molecule has 1 N–H and O–H groups in total. The summed E-state index contributed by atoms with van der Waals surface area (Å²) in [5, 5.41) is 9.48. The number of nitrogens with zero attached hydrogens (tertiary/aromatic N) is 2. The van der Waals surface area contributed by atoms with Gasteiger partial charge >= 0.3 is 5.97 Å². The molecule has 3 aromatic rings. The Balaban J connectivity index is 1.72. The summed E-state index contributed by atoms with van der Waals surface area (Å²) in [6, 6.07) is 14.5. The average molecular weight is 443 g/mol. The molecule has 0 bridgehead atoms. The highest BCUT2D eigenvalue weighted by Gasteiger charge is 2.34. The van der Waals surface area contributed by atoms with Crippen LogP contribution in [0.2, 0.25) is 0 Å². The molecule has 4 rings (SSSR count). The standard InChI is InChI=1S/C27H26N2O4/c1-4-5-10-22-28-23-24(26(31)17(3)16(2)25(23)30)29(22)15-18-11-13-19(14-12-18)20-8-6-7-9-21(20)27(32)33/h6-9,11-14H,4-5,10,15H2,1-3H3,(H,32,33). The Kier molecular flexibility index (Phi) is 6.09. The number of carbonyl (C=O) groups is 3. The van der Waals surface area contributed by atoms with Crippen LogP contribution in [0.3, 0.4) is 0 Å². The number of aryl methyl sites for hydroxylation is 1. The average Bonchev–Trinajstić information content (AvgIpc) is 3.18. The molecule has 0 amide bonds. The van der Waals surface area contributed by atoms with Crippen LogP contribution in [0, 0.1) is 0 Å². The number of rotatable bonds is 7. The largest absolute Gasteiger partial charge is 0.478 e. The van der Waals surface area contributed by atoms with E-state index in [2.05, 4.69) is 11.9 Å². The zero-order chi connectivity index (χ0) is 23.7. The van der Waals surface area contributed by atoms with Gasteiger partial charge in [-0.05, 0) is 43.0 Å². The van der Waals surface area contributed by atoms with Crippen LogP contribution in [0.5, 0.6) is 0 Å². The molecule has 1 aliphatic rings. The van der Waals surface area contributed by atoms with Crippen molar-refractivity contribution < 1.29 is 19.5 Å². The van der Waals surface area contributed by atoms with E-state index in [1.807, 2.05) is 34.9 Å². The summed E-state index contributed by atoms with van der Waals surface area (Å²) in [6.07, 6.45) is 2.58. The van der Waals surface area contributed by atoms with E-state index in [0.717, 1.165) is 29.8 Å². The number of unbranched alkanes of at least 4 members (excludes halogenated alkanes) is 1. The van der Waals surface area contributed by atoms with Crippen molar-refractivity contribution in [1.82, 2.24) is 9.55 Å². The third-order valence-corrected chi connectivity index (χ3v) is 6.24. The minimum Gasteiger partial charge on any atom is -0.478 e. The van der Waals surface area contributed by atoms with E-state index in [-0.39, 0.29) is 22.8 Å². The number of hydrogen-bond donors (Lipinski definition) is 1. The molecule has 0 saturated carbocycles. The Bertz CT molecular complexity index is 1300. The Hall–Kier alpha value is -3.80. The van der Waals surface area contributed by atoms with E-state index in [1.54, 1.807) is 32.0 Å². The Labute approximate surface area is 192 Å². The molecule has 33 heavy (non-hydrogen) atoms. The van der Waals surface area contributed by atoms with Crippen molar-refractivity contribution in [3.05, 3.63) is 88.0 Å². The quantitative estimate of drug-likeness (QED) is 0.532. The normalized spacial score (nSPS) is 13.4. The fraction of sp³-hybridized carbons (Fsp3) is 0.259. The summed E-state index contributed by atoms with van der Waals surface area (Å²) in [5.41, 5.74) is 4.19. The molecule has 0 spiro atoms. The highest BCUT2D eigenvalue weighted by molar-refractivity contribution is 6.25. The summed E-state index contributed by atoms with van der Waals surface area (Å²) < 4.78 is 1.88. The molecular formula is C27H26N2O4. The summed E-state index contributed by atoms with van der Waals surface area (Å²) in [7, 11) is 0. The molecule has 1 heterocycles. The number of imidazole rings is 1. The number of aromatic nitrogens is 2. The Morgan fingerprint density at radius 2 is 1.64 bits per heavy atom. The van der Waals surface area contributed by atoms with E-state index < -0.39 is 5.97 Å². The van der Waals surface area contributed by atoms with Crippen molar-refractivity contribution in [3.63, 3.8) is 0 Å².